The molecule has 6 heteroatoms. The second-order valence-electron chi connectivity index (χ2n) is 5.63. The van der Waals surface area contributed by atoms with Crippen LogP contribution in [0.3, 0.4) is 0 Å². The summed E-state index contributed by atoms with van der Waals surface area (Å²) in [6, 6.07) is 0.0653. The van der Waals surface area contributed by atoms with Crippen molar-refractivity contribution in [3.8, 4) is 0 Å². The number of hydrogen-bond acceptors (Lipinski definition) is 3. The average Bonchev–Trinajstić information content (AvgIpc) is 2.38. The quantitative estimate of drug-likeness (QED) is 0.799. The van der Waals surface area contributed by atoms with Gasteiger partial charge in [0.1, 0.15) is 5.54 Å². The number of urea groups is 1. The average molecular weight is 271 g/mol. The molecule has 2 amide bonds. The van der Waals surface area contributed by atoms with Gasteiger partial charge in [-0.05, 0) is 40.3 Å². The zero-order chi connectivity index (χ0) is 14.6. The number of likely N-dealkylation sites (tertiary alicyclic amines) is 1. The van der Waals surface area contributed by atoms with Crippen molar-refractivity contribution < 1.29 is 14.7 Å². The van der Waals surface area contributed by atoms with Crippen LogP contribution in [0.5, 0.6) is 0 Å². The van der Waals surface area contributed by atoms with E-state index in [-0.39, 0.29) is 6.03 Å². The Morgan fingerprint density at radius 1 is 1.47 bits per heavy atom. The molecular formula is C13H25N3O3. The van der Waals surface area contributed by atoms with Gasteiger partial charge in [-0.3, -0.25) is 0 Å². The summed E-state index contributed by atoms with van der Waals surface area (Å²) < 4.78 is 0. The van der Waals surface area contributed by atoms with E-state index >= 15 is 0 Å². The normalized spacial score (nSPS) is 23.0. The molecule has 0 bridgehead atoms. The van der Waals surface area contributed by atoms with Crippen LogP contribution in [-0.4, -0.2) is 65.7 Å². The minimum absolute atomic E-state index is 0.279. The lowest BCUT2D eigenvalue weighted by atomic mass is 9.99. The Kier molecular flexibility index (Phi) is 5.17. The maximum absolute atomic E-state index is 12.2. The van der Waals surface area contributed by atoms with Gasteiger partial charge < -0.3 is 20.2 Å². The predicted molar refractivity (Wildman–Crippen MR) is 73.1 cm³/mol. The fourth-order valence-electron chi connectivity index (χ4n) is 2.17. The minimum atomic E-state index is -1.19. The number of piperidine rings is 1. The van der Waals surface area contributed by atoms with Gasteiger partial charge in [-0.25, -0.2) is 9.59 Å². The highest BCUT2D eigenvalue weighted by Crippen LogP contribution is 2.16. The van der Waals surface area contributed by atoms with Gasteiger partial charge in [-0.15, -0.1) is 0 Å². The molecule has 2 atom stereocenters. The third kappa shape index (κ3) is 3.83. The number of carboxylic acid groups (broad SMARTS) is 1. The number of carboxylic acids is 1. The molecule has 0 aromatic heterocycles. The first-order chi connectivity index (χ1) is 8.80. The molecule has 1 saturated heterocycles. The van der Waals surface area contributed by atoms with Gasteiger partial charge in [0.25, 0.3) is 0 Å². The Hall–Kier alpha value is -1.30. The molecule has 19 heavy (non-hydrogen) atoms. The van der Waals surface area contributed by atoms with Gasteiger partial charge in [-0.2, -0.15) is 0 Å². The number of nitrogens with one attached hydrogen (secondary N) is 1. The molecule has 0 spiro atoms. The molecule has 0 radical (unpaired) electrons. The lowest BCUT2D eigenvalue weighted by Crippen LogP contribution is -2.58. The van der Waals surface area contributed by atoms with Crippen LogP contribution in [0.25, 0.3) is 0 Å². The highest BCUT2D eigenvalue weighted by molar-refractivity contribution is 5.85. The Morgan fingerprint density at radius 3 is 2.58 bits per heavy atom. The molecule has 1 aliphatic rings. The van der Waals surface area contributed by atoms with Gasteiger partial charge in [0, 0.05) is 19.1 Å². The predicted octanol–water partition coefficient (Wildman–Crippen LogP) is 0.975. The largest absolute Gasteiger partial charge is 0.480 e. The number of nitrogens with zero attached hydrogens (tertiary/aromatic N) is 2. The molecule has 6 nitrogen and oxygen atoms in total. The fraction of sp³-hybridized carbons (Fsp3) is 0.846. The molecule has 2 unspecified atom stereocenters. The molecule has 0 aliphatic carbocycles. The summed E-state index contributed by atoms with van der Waals surface area (Å²) in [6.07, 6.45) is 2.38. The van der Waals surface area contributed by atoms with E-state index in [2.05, 4.69) is 10.2 Å². The third-order valence-corrected chi connectivity index (χ3v) is 3.98. The number of aliphatic carboxylic acids is 1. The summed E-state index contributed by atoms with van der Waals surface area (Å²) in [5.41, 5.74) is -1.19. The van der Waals surface area contributed by atoms with Crippen LogP contribution in [0, 0.1) is 0 Å². The molecule has 0 aromatic rings. The zero-order valence-corrected chi connectivity index (χ0v) is 12.3. The Morgan fingerprint density at radius 2 is 2.11 bits per heavy atom. The molecule has 1 rings (SSSR count). The van der Waals surface area contributed by atoms with Gasteiger partial charge in [0.2, 0.25) is 0 Å². The van der Waals surface area contributed by atoms with Gasteiger partial charge >= 0.3 is 12.0 Å². The molecule has 110 valence electrons. The monoisotopic (exact) mass is 271 g/mol. The summed E-state index contributed by atoms with van der Waals surface area (Å²) in [5.74, 6) is -0.996. The van der Waals surface area contributed by atoms with Crippen molar-refractivity contribution in [2.75, 3.05) is 27.2 Å². The van der Waals surface area contributed by atoms with Crippen LogP contribution >= 0.6 is 0 Å². The molecule has 0 aromatic carbocycles. The van der Waals surface area contributed by atoms with E-state index in [0.29, 0.717) is 25.6 Å². The van der Waals surface area contributed by atoms with Gasteiger partial charge in [0.15, 0.2) is 0 Å². The maximum atomic E-state index is 12.2. The molecular weight excluding hydrogens is 246 g/mol. The van der Waals surface area contributed by atoms with Crippen molar-refractivity contribution >= 4 is 12.0 Å². The lowest BCUT2D eigenvalue weighted by molar-refractivity contribution is -0.143. The van der Waals surface area contributed by atoms with Crippen LogP contribution in [0.4, 0.5) is 4.79 Å². The highest BCUT2D eigenvalue weighted by atomic mass is 16.4. The number of carbonyl (C=O) groups excluding carboxylic acids is 1. The number of hydrogen-bond donors (Lipinski definition) is 2. The van der Waals surface area contributed by atoms with E-state index in [9.17, 15) is 14.7 Å². The first-order valence-corrected chi connectivity index (χ1v) is 6.77. The topological polar surface area (TPSA) is 72.9 Å². The van der Waals surface area contributed by atoms with Crippen LogP contribution in [-0.2, 0) is 4.79 Å². The Bertz CT molecular complexity index is 346. The lowest BCUT2D eigenvalue weighted by Gasteiger charge is -2.37. The number of carbonyl (C=O) groups is 2. The summed E-state index contributed by atoms with van der Waals surface area (Å²) in [7, 11) is 4.00. The summed E-state index contributed by atoms with van der Waals surface area (Å²) in [5, 5.41) is 11.8. The van der Waals surface area contributed by atoms with E-state index in [1.165, 1.54) is 0 Å². The van der Waals surface area contributed by atoms with E-state index < -0.39 is 11.5 Å². The van der Waals surface area contributed by atoms with Crippen LogP contribution < -0.4 is 5.32 Å². The van der Waals surface area contributed by atoms with Crippen molar-refractivity contribution in [2.45, 2.75) is 44.7 Å². The van der Waals surface area contributed by atoms with Gasteiger partial charge in [0.05, 0.1) is 0 Å². The molecule has 1 heterocycles. The molecule has 1 aliphatic heterocycles. The molecule has 0 saturated carbocycles. The minimum Gasteiger partial charge on any atom is -0.480 e. The van der Waals surface area contributed by atoms with Crippen molar-refractivity contribution in [3.05, 3.63) is 0 Å². The van der Waals surface area contributed by atoms with Crippen LogP contribution in [0.1, 0.15) is 33.1 Å². The van der Waals surface area contributed by atoms with Crippen molar-refractivity contribution in [1.82, 2.24) is 15.1 Å². The maximum Gasteiger partial charge on any atom is 0.329 e. The summed E-state index contributed by atoms with van der Waals surface area (Å²) in [6.45, 7) is 4.64. The zero-order valence-electron chi connectivity index (χ0n) is 12.3. The summed E-state index contributed by atoms with van der Waals surface area (Å²) >= 11 is 0. The number of rotatable bonds is 4. The Labute approximate surface area is 114 Å². The second-order valence-corrected chi connectivity index (χ2v) is 5.63. The van der Waals surface area contributed by atoms with Crippen molar-refractivity contribution in [2.24, 2.45) is 0 Å². The van der Waals surface area contributed by atoms with E-state index in [4.69, 9.17) is 0 Å². The first kappa shape index (κ1) is 15.8. The summed E-state index contributed by atoms with van der Waals surface area (Å²) in [4.78, 5) is 27.2. The second kappa shape index (κ2) is 6.23. The van der Waals surface area contributed by atoms with Crippen molar-refractivity contribution in [1.29, 1.82) is 0 Å². The van der Waals surface area contributed by atoms with E-state index in [1.807, 2.05) is 14.1 Å². The SMILES string of the molecule is CCC(C)(NC(=O)N1CCCC(N(C)C)C1)C(=O)O. The first-order valence-electron chi connectivity index (χ1n) is 6.77. The van der Waals surface area contributed by atoms with E-state index in [1.54, 1.807) is 18.7 Å². The number of likely N-dealkylation sites (N-methyl/N-ethyl adjacent to an activating group) is 1. The molecule has 2 N–H and O–H groups in total. The van der Waals surface area contributed by atoms with Crippen LogP contribution in [0.15, 0.2) is 0 Å². The molecule has 1 fully saturated rings. The standard InChI is InChI=1S/C13H25N3O3/c1-5-13(2,11(17)18)14-12(19)16-8-6-7-10(9-16)15(3)4/h10H,5-9H2,1-4H3,(H,14,19)(H,17,18). The van der Waals surface area contributed by atoms with Crippen molar-refractivity contribution in [3.63, 3.8) is 0 Å². The third-order valence-electron chi connectivity index (χ3n) is 3.98. The number of amides is 2. The van der Waals surface area contributed by atoms with E-state index in [0.717, 1.165) is 12.8 Å². The van der Waals surface area contributed by atoms with Crippen LogP contribution in [0.2, 0.25) is 0 Å². The van der Waals surface area contributed by atoms with Gasteiger partial charge in [-0.1, -0.05) is 6.92 Å². The fourth-order valence-corrected chi connectivity index (χ4v) is 2.17. The smallest absolute Gasteiger partial charge is 0.329 e. The highest BCUT2D eigenvalue weighted by Gasteiger charge is 2.35. The Balaban J connectivity index is 2.65.